The van der Waals surface area contributed by atoms with Gasteiger partial charge < -0.3 is 14.6 Å². The van der Waals surface area contributed by atoms with E-state index in [0.717, 1.165) is 11.1 Å². The minimum atomic E-state index is -0.598. The van der Waals surface area contributed by atoms with Crippen LogP contribution in [0.2, 0.25) is 0 Å². The molecule has 3 aromatic heterocycles. The van der Waals surface area contributed by atoms with Gasteiger partial charge in [-0.15, -0.1) is 0 Å². The highest BCUT2D eigenvalue weighted by molar-refractivity contribution is 6.45. The van der Waals surface area contributed by atoms with Crippen LogP contribution in [0.3, 0.4) is 0 Å². The van der Waals surface area contributed by atoms with Crippen molar-refractivity contribution in [3.63, 3.8) is 0 Å². The molecule has 1 aliphatic rings. The maximum absolute atomic E-state index is 13.5. The lowest BCUT2D eigenvalue weighted by molar-refractivity contribution is -0.127. The zero-order valence-corrected chi connectivity index (χ0v) is 20.4. The quantitative estimate of drug-likeness (QED) is 0.291. The molecule has 1 aliphatic heterocycles. The molecule has 1 amide bonds. The molecule has 1 N–H and O–H groups in total. The second-order valence-corrected chi connectivity index (χ2v) is 8.95. The molecule has 0 saturated carbocycles. The number of rotatable bonds is 5. The van der Waals surface area contributed by atoms with Gasteiger partial charge in [0, 0.05) is 20.7 Å². The van der Waals surface area contributed by atoms with Gasteiger partial charge in [0.15, 0.2) is 5.82 Å². The zero-order valence-electron chi connectivity index (χ0n) is 20.4. The van der Waals surface area contributed by atoms with Crippen LogP contribution in [0.15, 0.2) is 67.3 Å². The standard InChI is InChI=1S/C28H24N6O3.H2/c1-17-31-16-34(32-17)27-25-24(23(37-2)14-30-27)22(13-29-25)26(35)28(36)33-12-11-21-19(15-33)9-6-10-20(21)18-7-4-3-5-8-18;/h3-10,13-14,16,29H,11-12,15H2,1-2H3;1H. The Kier molecular flexibility index (Phi) is 5.52. The van der Waals surface area contributed by atoms with Gasteiger partial charge in [0.25, 0.3) is 11.7 Å². The van der Waals surface area contributed by atoms with Crippen molar-refractivity contribution in [2.45, 2.75) is 19.9 Å². The second kappa shape index (κ2) is 9.02. The SMILES string of the molecule is COc1cnc(-n2cnc(C)n2)c2[nH]cc(C(=O)C(=O)N3CCc4c(cccc4-c4ccccc4)C3)c12.[HH]. The zero-order chi connectivity index (χ0) is 25.5. The number of ketones is 1. The topological polar surface area (TPSA) is 106 Å². The van der Waals surface area contributed by atoms with Gasteiger partial charge in [0.05, 0.1) is 29.8 Å². The summed E-state index contributed by atoms with van der Waals surface area (Å²) in [5.74, 6) is 0.296. The summed E-state index contributed by atoms with van der Waals surface area (Å²) in [6.07, 6.45) is 5.28. The molecular formula is C28H26N6O3. The highest BCUT2D eigenvalue weighted by atomic mass is 16.5. The lowest BCUT2D eigenvalue weighted by Crippen LogP contribution is -2.40. The number of nitrogens with one attached hydrogen (secondary N) is 1. The minimum absolute atomic E-state index is 0. The molecule has 0 aliphatic carbocycles. The van der Waals surface area contributed by atoms with Crippen LogP contribution in [-0.2, 0) is 17.8 Å². The number of aromatic nitrogens is 5. The summed E-state index contributed by atoms with van der Waals surface area (Å²) in [6, 6.07) is 16.4. The third-order valence-electron chi connectivity index (χ3n) is 6.77. The number of amides is 1. The van der Waals surface area contributed by atoms with E-state index >= 15 is 0 Å². The maximum atomic E-state index is 13.5. The van der Waals surface area contributed by atoms with E-state index in [2.05, 4.69) is 38.2 Å². The predicted octanol–water partition coefficient (Wildman–Crippen LogP) is 4.14. The van der Waals surface area contributed by atoms with Crippen molar-refractivity contribution >= 4 is 22.6 Å². The second-order valence-electron chi connectivity index (χ2n) is 8.95. The molecule has 5 aromatic rings. The molecule has 0 saturated heterocycles. The Balaban J connectivity index is 0.00000294. The van der Waals surface area contributed by atoms with Crippen LogP contribution in [0.4, 0.5) is 0 Å². The molecule has 0 unspecified atom stereocenters. The fourth-order valence-electron chi connectivity index (χ4n) is 4.99. The number of hydrogen-bond donors (Lipinski definition) is 1. The van der Waals surface area contributed by atoms with E-state index < -0.39 is 11.7 Å². The summed E-state index contributed by atoms with van der Waals surface area (Å²) in [5, 5.41) is 4.81. The van der Waals surface area contributed by atoms with Crippen LogP contribution in [0.5, 0.6) is 5.75 Å². The van der Waals surface area contributed by atoms with E-state index in [0.29, 0.717) is 47.8 Å². The minimum Gasteiger partial charge on any atom is -0.494 e. The first-order chi connectivity index (χ1) is 18.0. The number of carbonyl (C=O) groups excluding carboxylic acids is 2. The third kappa shape index (κ3) is 3.85. The summed E-state index contributed by atoms with van der Waals surface area (Å²) in [6.45, 7) is 2.62. The number of methoxy groups -OCH3 is 1. The molecule has 6 rings (SSSR count). The van der Waals surface area contributed by atoms with Crippen molar-refractivity contribution < 1.29 is 15.8 Å². The molecule has 2 aromatic carbocycles. The van der Waals surface area contributed by atoms with Crippen molar-refractivity contribution in [3.8, 4) is 22.7 Å². The lowest BCUT2D eigenvalue weighted by atomic mass is 9.90. The van der Waals surface area contributed by atoms with Crippen molar-refractivity contribution in [2.24, 2.45) is 0 Å². The van der Waals surface area contributed by atoms with Crippen LogP contribution in [0.1, 0.15) is 28.7 Å². The van der Waals surface area contributed by atoms with E-state index in [1.54, 1.807) is 18.2 Å². The van der Waals surface area contributed by atoms with Crippen molar-refractivity contribution in [1.29, 1.82) is 0 Å². The average molecular weight is 495 g/mol. The van der Waals surface area contributed by atoms with Crippen LogP contribution in [0, 0.1) is 6.92 Å². The van der Waals surface area contributed by atoms with Crippen LogP contribution in [-0.4, -0.2) is 55.0 Å². The van der Waals surface area contributed by atoms with Gasteiger partial charge in [0.2, 0.25) is 0 Å². The van der Waals surface area contributed by atoms with E-state index in [-0.39, 0.29) is 6.99 Å². The van der Waals surface area contributed by atoms with E-state index in [4.69, 9.17) is 4.74 Å². The van der Waals surface area contributed by atoms with Crippen LogP contribution in [0.25, 0.3) is 27.8 Å². The summed E-state index contributed by atoms with van der Waals surface area (Å²) in [5.41, 5.74) is 5.36. The molecule has 0 spiro atoms. The summed E-state index contributed by atoms with van der Waals surface area (Å²) < 4.78 is 7.02. The van der Waals surface area contributed by atoms with Crippen molar-refractivity contribution in [2.75, 3.05) is 13.7 Å². The van der Waals surface area contributed by atoms with E-state index in [1.165, 1.54) is 35.3 Å². The van der Waals surface area contributed by atoms with Gasteiger partial charge in [-0.05, 0) is 35.6 Å². The van der Waals surface area contributed by atoms with Crippen molar-refractivity contribution in [3.05, 3.63) is 89.8 Å². The van der Waals surface area contributed by atoms with E-state index in [1.807, 2.05) is 30.3 Å². The third-order valence-corrected chi connectivity index (χ3v) is 6.77. The maximum Gasteiger partial charge on any atom is 0.295 e. The molecule has 0 atom stereocenters. The fraction of sp³-hybridized carbons (Fsp3) is 0.179. The molecular weight excluding hydrogens is 468 g/mol. The van der Waals surface area contributed by atoms with Gasteiger partial charge in [-0.1, -0.05) is 48.5 Å². The van der Waals surface area contributed by atoms with Gasteiger partial charge in [-0.2, -0.15) is 5.10 Å². The summed E-state index contributed by atoms with van der Waals surface area (Å²) >= 11 is 0. The first-order valence-corrected chi connectivity index (χ1v) is 12.0. The van der Waals surface area contributed by atoms with Crippen LogP contribution >= 0.6 is 0 Å². The number of benzene rings is 2. The number of carbonyl (C=O) groups is 2. The van der Waals surface area contributed by atoms with Gasteiger partial charge in [-0.3, -0.25) is 9.59 Å². The number of fused-ring (bicyclic) bond motifs is 2. The monoisotopic (exact) mass is 494 g/mol. The Labute approximate surface area is 214 Å². The Morgan fingerprint density at radius 1 is 1.08 bits per heavy atom. The number of aromatic amines is 1. The van der Waals surface area contributed by atoms with Crippen molar-refractivity contribution in [1.82, 2.24) is 29.6 Å². The molecule has 9 nitrogen and oxygen atoms in total. The molecule has 0 fully saturated rings. The summed E-state index contributed by atoms with van der Waals surface area (Å²) in [4.78, 5) is 40.3. The number of aryl methyl sites for hydroxylation is 1. The number of pyridine rings is 1. The Hall–Kier alpha value is -4.79. The molecule has 186 valence electrons. The molecule has 9 heteroatoms. The first-order valence-electron chi connectivity index (χ1n) is 12.0. The first kappa shape index (κ1) is 22.7. The van der Waals surface area contributed by atoms with Gasteiger partial charge in [-0.25, -0.2) is 14.6 Å². The fourth-order valence-corrected chi connectivity index (χ4v) is 4.99. The number of H-pyrrole nitrogens is 1. The highest BCUT2D eigenvalue weighted by Gasteiger charge is 2.30. The van der Waals surface area contributed by atoms with Crippen LogP contribution < -0.4 is 4.74 Å². The lowest BCUT2D eigenvalue weighted by Gasteiger charge is -2.29. The normalized spacial score (nSPS) is 13.0. The summed E-state index contributed by atoms with van der Waals surface area (Å²) in [7, 11) is 1.50. The Morgan fingerprint density at radius 3 is 2.68 bits per heavy atom. The molecule has 37 heavy (non-hydrogen) atoms. The number of Topliss-reactive ketones (excluding diaryl/α,β-unsaturated/α-hetero) is 1. The molecule has 0 radical (unpaired) electrons. The smallest absolute Gasteiger partial charge is 0.295 e. The number of nitrogens with zero attached hydrogens (tertiary/aromatic N) is 5. The number of ether oxygens (including phenoxy) is 1. The highest BCUT2D eigenvalue weighted by Crippen LogP contribution is 2.33. The largest absolute Gasteiger partial charge is 0.494 e. The Bertz CT molecular complexity index is 1660. The molecule has 0 bridgehead atoms. The predicted molar refractivity (Wildman–Crippen MR) is 140 cm³/mol. The average Bonchev–Trinajstić information content (AvgIpc) is 3.58. The Morgan fingerprint density at radius 2 is 1.92 bits per heavy atom. The van der Waals surface area contributed by atoms with Gasteiger partial charge >= 0.3 is 0 Å². The molecule has 4 heterocycles. The van der Waals surface area contributed by atoms with Gasteiger partial charge in [0.1, 0.15) is 17.9 Å². The van der Waals surface area contributed by atoms with E-state index in [9.17, 15) is 9.59 Å². The number of hydrogen-bond acceptors (Lipinski definition) is 6.